The van der Waals surface area contributed by atoms with Gasteiger partial charge >= 0.3 is 0 Å². The van der Waals surface area contributed by atoms with Crippen LogP contribution >= 0.6 is 27.7 Å². The molecule has 0 saturated carbocycles. The zero-order valence-corrected chi connectivity index (χ0v) is 27.2. The minimum Gasteiger partial charge on any atom is -0.436 e. The van der Waals surface area contributed by atoms with Gasteiger partial charge in [0.25, 0.3) is 11.8 Å². The van der Waals surface area contributed by atoms with Crippen molar-refractivity contribution in [1.29, 1.82) is 0 Å². The van der Waals surface area contributed by atoms with Crippen LogP contribution in [0.3, 0.4) is 0 Å². The third-order valence-electron chi connectivity index (χ3n) is 6.88. The minimum absolute atomic E-state index is 0.0916. The van der Waals surface area contributed by atoms with Crippen molar-refractivity contribution in [2.24, 2.45) is 0 Å². The normalized spacial score (nSPS) is 11.2. The summed E-state index contributed by atoms with van der Waals surface area (Å²) in [5.74, 6) is -0.308. The number of carbonyl (C=O) groups is 3. The van der Waals surface area contributed by atoms with Crippen molar-refractivity contribution in [3.63, 3.8) is 0 Å². The van der Waals surface area contributed by atoms with Crippen LogP contribution in [-0.2, 0) is 9.59 Å². The Morgan fingerprint density at radius 3 is 2.21 bits per heavy atom. The van der Waals surface area contributed by atoms with E-state index in [1.54, 1.807) is 42.5 Å². The second kappa shape index (κ2) is 14.8. The van der Waals surface area contributed by atoms with Gasteiger partial charge in [-0.15, -0.1) is 11.8 Å². The number of thioether (sulfide) groups is 1. The van der Waals surface area contributed by atoms with Crippen molar-refractivity contribution in [3.8, 4) is 11.5 Å². The molecule has 3 amide bonds. The first-order chi connectivity index (χ1) is 22.9. The van der Waals surface area contributed by atoms with Gasteiger partial charge in [0.2, 0.25) is 11.8 Å². The van der Waals surface area contributed by atoms with Crippen LogP contribution in [0.15, 0.2) is 147 Å². The highest BCUT2D eigenvalue weighted by molar-refractivity contribution is 9.10. The number of nitrogens with zero attached hydrogens (tertiary/aromatic N) is 1. The van der Waals surface area contributed by atoms with Gasteiger partial charge in [0.1, 0.15) is 11.2 Å². The van der Waals surface area contributed by atoms with E-state index in [2.05, 4.69) is 36.9 Å². The fraction of sp³-hybridized carbons (Fsp3) is 0.0270. The molecule has 0 aliphatic carbocycles. The molecule has 10 heteroatoms. The lowest BCUT2D eigenvalue weighted by Crippen LogP contribution is -2.30. The van der Waals surface area contributed by atoms with E-state index in [1.165, 1.54) is 11.8 Å². The molecular weight excluding hydrogens is 676 g/mol. The molecule has 0 bridgehead atoms. The lowest BCUT2D eigenvalue weighted by atomic mass is 10.1. The second-order valence-electron chi connectivity index (χ2n) is 10.3. The summed E-state index contributed by atoms with van der Waals surface area (Å²) in [6, 6.07) is 38.1. The Balaban J connectivity index is 1.04. The fourth-order valence-electron chi connectivity index (χ4n) is 4.58. The predicted molar refractivity (Wildman–Crippen MR) is 190 cm³/mol. The van der Waals surface area contributed by atoms with Crippen LogP contribution in [-0.4, -0.2) is 28.5 Å². The number of oxazole rings is 1. The summed E-state index contributed by atoms with van der Waals surface area (Å²) in [6.45, 7) is 0. The van der Waals surface area contributed by atoms with E-state index >= 15 is 0 Å². The largest absolute Gasteiger partial charge is 0.436 e. The zero-order chi connectivity index (χ0) is 32.6. The first kappa shape index (κ1) is 31.5. The average molecular weight is 704 g/mol. The molecular formula is C37H27BrN4O4S. The molecule has 0 unspecified atom stereocenters. The zero-order valence-electron chi connectivity index (χ0n) is 24.8. The van der Waals surface area contributed by atoms with Crippen molar-refractivity contribution in [2.45, 2.75) is 4.90 Å². The highest BCUT2D eigenvalue weighted by Crippen LogP contribution is 2.26. The van der Waals surface area contributed by atoms with E-state index in [4.69, 9.17) is 4.42 Å². The number of carbonyl (C=O) groups excluding carboxylic acids is 3. The number of benzene rings is 5. The van der Waals surface area contributed by atoms with Gasteiger partial charge < -0.3 is 20.4 Å². The number of hydrogen-bond donors (Lipinski definition) is 3. The number of para-hydroxylation sites is 2. The predicted octanol–water partition coefficient (Wildman–Crippen LogP) is 8.40. The van der Waals surface area contributed by atoms with Gasteiger partial charge in [-0.25, -0.2) is 4.98 Å². The Morgan fingerprint density at radius 2 is 1.47 bits per heavy atom. The number of halogens is 1. The third kappa shape index (κ3) is 8.43. The van der Waals surface area contributed by atoms with Crippen molar-refractivity contribution in [3.05, 3.63) is 149 Å². The number of hydrogen-bond acceptors (Lipinski definition) is 6. The molecule has 0 aliphatic heterocycles. The molecule has 232 valence electrons. The average Bonchev–Trinajstić information content (AvgIpc) is 3.53. The van der Waals surface area contributed by atoms with E-state index in [0.717, 1.165) is 31.6 Å². The lowest BCUT2D eigenvalue weighted by Gasteiger charge is -2.12. The molecule has 0 aliphatic rings. The van der Waals surface area contributed by atoms with Gasteiger partial charge in [-0.2, -0.15) is 0 Å². The molecule has 5 aromatic carbocycles. The third-order valence-corrected chi connectivity index (χ3v) is 8.39. The van der Waals surface area contributed by atoms with Gasteiger partial charge in [0.05, 0.1) is 5.75 Å². The van der Waals surface area contributed by atoms with Crippen LogP contribution in [0.5, 0.6) is 0 Å². The second-order valence-corrected chi connectivity index (χ2v) is 12.3. The summed E-state index contributed by atoms with van der Waals surface area (Å²) in [5, 5.41) is 8.50. The Hall–Kier alpha value is -5.45. The van der Waals surface area contributed by atoms with Crippen LogP contribution in [0, 0.1) is 0 Å². The first-order valence-corrected chi connectivity index (χ1v) is 16.3. The Labute approximate surface area is 283 Å². The number of rotatable bonds is 10. The molecule has 0 atom stereocenters. The first-order valence-electron chi connectivity index (χ1n) is 14.5. The van der Waals surface area contributed by atoms with Crippen molar-refractivity contribution in [1.82, 2.24) is 10.3 Å². The quantitative estimate of drug-likeness (QED) is 0.0976. The van der Waals surface area contributed by atoms with Gasteiger partial charge in [-0.05, 0) is 96.6 Å². The van der Waals surface area contributed by atoms with E-state index in [0.29, 0.717) is 22.8 Å². The molecule has 8 nitrogen and oxygen atoms in total. The van der Waals surface area contributed by atoms with Crippen LogP contribution in [0.1, 0.15) is 15.9 Å². The van der Waals surface area contributed by atoms with Crippen LogP contribution in [0.4, 0.5) is 11.4 Å². The summed E-state index contributed by atoms with van der Waals surface area (Å²) in [7, 11) is 0. The standard InChI is InChI=1S/C37H27BrN4O4S/c38-27-10-6-7-24(21-27)22-32(41-35(44)25-8-2-1-3-9-25)36(45)40-29-17-19-30(20-18-29)47-23-34(43)39-28-15-13-26(14-16-28)37-42-31-11-4-5-12-33(31)46-37/h1-22H,23H2,(H,39,43)(H,40,45)(H,41,44)/b32-22-. The Kier molecular flexibility index (Phi) is 9.90. The van der Waals surface area contributed by atoms with E-state index in [1.807, 2.05) is 91.0 Å². The highest BCUT2D eigenvalue weighted by Gasteiger charge is 2.16. The topological polar surface area (TPSA) is 113 Å². The van der Waals surface area contributed by atoms with Gasteiger partial charge in [-0.1, -0.05) is 58.4 Å². The van der Waals surface area contributed by atoms with Gasteiger partial charge in [0, 0.05) is 31.9 Å². The molecule has 1 heterocycles. The smallest absolute Gasteiger partial charge is 0.272 e. The molecule has 6 rings (SSSR count). The fourth-order valence-corrected chi connectivity index (χ4v) is 5.69. The SMILES string of the molecule is O=C(CSc1ccc(NC(=O)/C(=C/c2cccc(Br)c2)NC(=O)c2ccccc2)cc1)Nc1ccc(-c2nc3ccccc3o2)cc1. The number of nitrogens with one attached hydrogen (secondary N) is 3. The summed E-state index contributed by atoms with van der Waals surface area (Å²) < 4.78 is 6.66. The highest BCUT2D eigenvalue weighted by atomic mass is 79.9. The number of anilines is 2. The summed E-state index contributed by atoms with van der Waals surface area (Å²) in [6.07, 6.45) is 1.62. The van der Waals surface area contributed by atoms with Gasteiger partial charge in [0.15, 0.2) is 5.58 Å². The molecule has 0 radical (unpaired) electrons. The molecule has 47 heavy (non-hydrogen) atoms. The van der Waals surface area contributed by atoms with E-state index in [9.17, 15) is 14.4 Å². The maximum absolute atomic E-state index is 13.3. The molecule has 0 spiro atoms. The molecule has 3 N–H and O–H groups in total. The van der Waals surface area contributed by atoms with Crippen molar-refractivity contribution >= 4 is 74.0 Å². The van der Waals surface area contributed by atoms with Crippen LogP contribution < -0.4 is 16.0 Å². The van der Waals surface area contributed by atoms with Crippen LogP contribution in [0.2, 0.25) is 0 Å². The Bertz CT molecular complexity index is 2050. The molecule has 0 saturated heterocycles. The van der Waals surface area contributed by atoms with Crippen molar-refractivity contribution < 1.29 is 18.8 Å². The summed E-state index contributed by atoms with van der Waals surface area (Å²) >= 11 is 4.81. The number of aromatic nitrogens is 1. The molecule has 1 aromatic heterocycles. The van der Waals surface area contributed by atoms with Crippen LogP contribution in [0.25, 0.3) is 28.6 Å². The summed E-state index contributed by atoms with van der Waals surface area (Å²) in [4.78, 5) is 44.2. The van der Waals surface area contributed by atoms with E-state index < -0.39 is 11.8 Å². The maximum Gasteiger partial charge on any atom is 0.272 e. The summed E-state index contributed by atoms with van der Waals surface area (Å²) in [5.41, 5.74) is 4.79. The monoisotopic (exact) mass is 702 g/mol. The molecule has 6 aromatic rings. The Morgan fingerprint density at radius 1 is 0.766 bits per heavy atom. The maximum atomic E-state index is 13.3. The number of fused-ring (bicyclic) bond motifs is 1. The lowest BCUT2D eigenvalue weighted by molar-refractivity contribution is -0.114. The van der Waals surface area contributed by atoms with Gasteiger partial charge in [-0.3, -0.25) is 14.4 Å². The van der Waals surface area contributed by atoms with E-state index in [-0.39, 0.29) is 17.4 Å². The van der Waals surface area contributed by atoms with Crippen molar-refractivity contribution in [2.75, 3.05) is 16.4 Å². The molecule has 0 fully saturated rings. The minimum atomic E-state index is -0.476. The number of amides is 3.